The van der Waals surface area contributed by atoms with Gasteiger partial charge in [-0.15, -0.1) is 0 Å². The van der Waals surface area contributed by atoms with Crippen molar-refractivity contribution >= 4 is 33.4 Å². The first-order valence-corrected chi connectivity index (χ1v) is 10.7. The van der Waals surface area contributed by atoms with Crippen LogP contribution in [-0.2, 0) is 9.59 Å². The van der Waals surface area contributed by atoms with Crippen LogP contribution in [0.2, 0.25) is 0 Å². The lowest BCUT2D eigenvalue weighted by Crippen LogP contribution is -2.45. The number of methoxy groups -OCH3 is 1. The van der Waals surface area contributed by atoms with Gasteiger partial charge in [0.1, 0.15) is 6.10 Å². The minimum absolute atomic E-state index is 0.0117. The maximum absolute atomic E-state index is 13.0. The smallest absolute Gasteiger partial charge is 0.319 e. The molecule has 2 aliphatic rings. The first-order chi connectivity index (χ1) is 14.5. The van der Waals surface area contributed by atoms with Gasteiger partial charge in [-0.2, -0.15) is 4.98 Å². The van der Waals surface area contributed by atoms with Gasteiger partial charge < -0.3 is 19.3 Å². The predicted molar refractivity (Wildman–Crippen MR) is 113 cm³/mol. The second-order valence-electron chi connectivity index (χ2n) is 7.41. The molecule has 0 N–H and O–H groups in total. The molecule has 0 saturated carbocycles. The van der Waals surface area contributed by atoms with Crippen LogP contribution in [0.5, 0.6) is 11.9 Å². The number of piperidine rings is 1. The molecule has 2 fully saturated rings. The zero-order valence-corrected chi connectivity index (χ0v) is 18.2. The number of rotatable bonds is 5. The van der Waals surface area contributed by atoms with Crippen molar-refractivity contribution in [2.24, 2.45) is 5.92 Å². The molecule has 158 valence electrons. The number of carbonyl (C=O) groups excluding carboxylic acids is 2. The van der Waals surface area contributed by atoms with Gasteiger partial charge in [0.2, 0.25) is 17.7 Å². The summed E-state index contributed by atoms with van der Waals surface area (Å²) in [6, 6.07) is 9.55. The van der Waals surface area contributed by atoms with Crippen molar-refractivity contribution < 1.29 is 19.1 Å². The first kappa shape index (κ1) is 20.6. The number of carbonyl (C=O) groups is 2. The number of hydrogen-bond acceptors (Lipinski definition) is 6. The van der Waals surface area contributed by atoms with E-state index >= 15 is 0 Å². The molecule has 2 amide bonds. The molecule has 1 aromatic carbocycles. The number of anilines is 1. The lowest BCUT2D eigenvalue weighted by atomic mass is 10.0. The number of ether oxygens (including phenoxy) is 2. The standard InChI is InChI=1S/C21H23BrN4O4/c1-29-21-23-8-5-18(24-21)30-17-6-9-25(10-7-17)20(28)14-11-19(27)26(13-14)16-4-2-3-15(22)12-16/h2-5,8,12,14,17H,6-7,9-11,13H2,1H3. The first-order valence-electron chi connectivity index (χ1n) is 9.92. The van der Waals surface area contributed by atoms with Crippen molar-refractivity contribution in [1.82, 2.24) is 14.9 Å². The predicted octanol–water partition coefficient (Wildman–Crippen LogP) is 2.67. The molecule has 2 saturated heterocycles. The molecule has 0 spiro atoms. The summed E-state index contributed by atoms with van der Waals surface area (Å²) in [5, 5.41) is 0. The summed E-state index contributed by atoms with van der Waals surface area (Å²) < 4.78 is 11.8. The van der Waals surface area contributed by atoms with Gasteiger partial charge in [0.15, 0.2) is 0 Å². The van der Waals surface area contributed by atoms with E-state index in [9.17, 15) is 9.59 Å². The Bertz CT molecular complexity index is 933. The monoisotopic (exact) mass is 474 g/mol. The van der Waals surface area contributed by atoms with Crippen LogP contribution in [0.3, 0.4) is 0 Å². The van der Waals surface area contributed by atoms with Crippen LogP contribution >= 0.6 is 15.9 Å². The van der Waals surface area contributed by atoms with Gasteiger partial charge in [0.05, 0.1) is 13.0 Å². The number of aromatic nitrogens is 2. The van der Waals surface area contributed by atoms with E-state index in [4.69, 9.17) is 9.47 Å². The third kappa shape index (κ3) is 4.56. The largest absolute Gasteiger partial charge is 0.474 e. The summed E-state index contributed by atoms with van der Waals surface area (Å²) in [5.74, 6) is 0.197. The Morgan fingerprint density at radius 3 is 2.77 bits per heavy atom. The molecular formula is C21H23BrN4O4. The summed E-state index contributed by atoms with van der Waals surface area (Å²) in [5.41, 5.74) is 0.817. The van der Waals surface area contributed by atoms with Crippen LogP contribution < -0.4 is 14.4 Å². The number of nitrogens with zero attached hydrogens (tertiary/aromatic N) is 4. The SMILES string of the molecule is COc1nccc(OC2CCN(C(=O)C3CC(=O)N(c4cccc(Br)c4)C3)CC2)n1. The van der Waals surface area contributed by atoms with Crippen molar-refractivity contribution in [3.8, 4) is 11.9 Å². The Morgan fingerprint density at radius 2 is 2.03 bits per heavy atom. The maximum atomic E-state index is 13.0. The molecule has 2 aliphatic heterocycles. The second-order valence-corrected chi connectivity index (χ2v) is 8.33. The molecule has 30 heavy (non-hydrogen) atoms. The van der Waals surface area contributed by atoms with Gasteiger partial charge in [-0.3, -0.25) is 9.59 Å². The fourth-order valence-electron chi connectivity index (χ4n) is 3.88. The highest BCUT2D eigenvalue weighted by Gasteiger charge is 2.38. The fourth-order valence-corrected chi connectivity index (χ4v) is 4.27. The quantitative estimate of drug-likeness (QED) is 0.662. The average Bonchev–Trinajstić information content (AvgIpc) is 3.15. The minimum Gasteiger partial charge on any atom is -0.474 e. The van der Waals surface area contributed by atoms with Crippen LogP contribution in [0.4, 0.5) is 5.69 Å². The fraction of sp³-hybridized carbons (Fsp3) is 0.429. The Labute approximate surface area is 183 Å². The average molecular weight is 475 g/mol. The lowest BCUT2D eigenvalue weighted by molar-refractivity contribution is -0.137. The highest BCUT2D eigenvalue weighted by molar-refractivity contribution is 9.10. The van der Waals surface area contributed by atoms with Crippen LogP contribution in [0.1, 0.15) is 19.3 Å². The Kier molecular flexibility index (Phi) is 6.17. The number of likely N-dealkylation sites (tertiary alicyclic amines) is 1. The molecule has 1 unspecified atom stereocenters. The molecule has 2 aromatic rings. The third-order valence-electron chi connectivity index (χ3n) is 5.43. The van der Waals surface area contributed by atoms with Crippen LogP contribution in [0.15, 0.2) is 41.0 Å². The van der Waals surface area contributed by atoms with Crippen molar-refractivity contribution in [2.75, 3.05) is 31.6 Å². The Hall–Kier alpha value is -2.68. The number of benzene rings is 1. The zero-order valence-electron chi connectivity index (χ0n) is 16.7. The van der Waals surface area contributed by atoms with Gasteiger partial charge in [-0.25, -0.2) is 4.98 Å². The van der Waals surface area contributed by atoms with Gasteiger partial charge in [0.25, 0.3) is 0 Å². The van der Waals surface area contributed by atoms with Gasteiger partial charge >= 0.3 is 6.01 Å². The van der Waals surface area contributed by atoms with E-state index in [1.807, 2.05) is 29.2 Å². The molecule has 8 nitrogen and oxygen atoms in total. The molecule has 1 atom stereocenters. The van der Waals surface area contributed by atoms with E-state index in [1.54, 1.807) is 17.2 Å². The van der Waals surface area contributed by atoms with Gasteiger partial charge in [-0.05, 0) is 18.2 Å². The lowest BCUT2D eigenvalue weighted by Gasteiger charge is -2.33. The molecule has 0 bridgehead atoms. The third-order valence-corrected chi connectivity index (χ3v) is 5.92. The van der Waals surface area contributed by atoms with E-state index < -0.39 is 0 Å². The van der Waals surface area contributed by atoms with Crippen LogP contribution in [-0.4, -0.2) is 59.5 Å². The van der Waals surface area contributed by atoms with E-state index in [2.05, 4.69) is 25.9 Å². The van der Waals surface area contributed by atoms with Crippen molar-refractivity contribution in [3.63, 3.8) is 0 Å². The Balaban J connectivity index is 1.31. The van der Waals surface area contributed by atoms with Crippen molar-refractivity contribution in [2.45, 2.75) is 25.4 Å². The van der Waals surface area contributed by atoms with E-state index in [0.29, 0.717) is 38.4 Å². The summed E-state index contributed by atoms with van der Waals surface area (Å²) >= 11 is 3.43. The number of hydrogen-bond donors (Lipinski definition) is 0. The zero-order chi connectivity index (χ0) is 21.1. The number of amides is 2. The molecule has 4 rings (SSSR count). The van der Waals surface area contributed by atoms with Crippen LogP contribution in [0.25, 0.3) is 0 Å². The maximum Gasteiger partial charge on any atom is 0.319 e. The Morgan fingerprint density at radius 1 is 1.23 bits per heavy atom. The summed E-state index contributed by atoms with van der Waals surface area (Å²) in [6.45, 7) is 1.63. The van der Waals surface area contributed by atoms with E-state index in [1.165, 1.54) is 7.11 Å². The molecule has 1 aromatic heterocycles. The van der Waals surface area contributed by atoms with Crippen LogP contribution in [0, 0.1) is 5.92 Å². The molecule has 3 heterocycles. The summed E-state index contributed by atoms with van der Waals surface area (Å²) in [6.07, 6.45) is 3.26. The molecule has 9 heteroatoms. The van der Waals surface area contributed by atoms with Crippen molar-refractivity contribution in [3.05, 3.63) is 41.0 Å². The summed E-state index contributed by atoms with van der Waals surface area (Å²) in [7, 11) is 1.51. The minimum atomic E-state index is -0.305. The van der Waals surface area contributed by atoms with E-state index in [-0.39, 0.29) is 36.3 Å². The molecule has 0 radical (unpaired) electrons. The molecule has 0 aliphatic carbocycles. The van der Waals surface area contributed by atoms with Crippen molar-refractivity contribution in [1.29, 1.82) is 0 Å². The second kappa shape index (κ2) is 8.99. The highest BCUT2D eigenvalue weighted by atomic mass is 79.9. The van der Waals surface area contributed by atoms with Gasteiger partial charge in [0, 0.05) is 61.3 Å². The summed E-state index contributed by atoms with van der Waals surface area (Å²) in [4.78, 5) is 37.2. The van der Waals surface area contributed by atoms with E-state index in [0.717, 1.165) is 10.2 Å². The molecular weight excluding hydrogens is 452 g/mol. The normalized spacial score (nSPS) is 19.8. The highest BCUT2D eigenvalue weighted by Crippen LogP contribution is 2.29. The van der Waals surface area contributed by atoms with Gasteiger partial charge in [-0.1, -0.05) is 22.0 Å². The topological polar surface area (TPSA) is 84.9 Å². The number of halogens is 1.